The molecule has 0 aliphatic rings. The molecule has 0 saturated carbocycles. The molecule has 2 heterocycles. The molecule has 1 amide bonds. The van der Waals surface area contributed by atoms with E-state index in [4.69, 9.17) is 9.84 Å². The first-order valence-electron chi connectivity index (χ1n) is 6.56. The predicted octanol–water partition coefficient (Wildman–Crippen LogP) is -1.37. The first-order valence-corrected chi connectivity index (χ1v) is 6.56. The number of hydrogen-bond acceptors (Lipinski definition) is 6. The van der Waals surface area contributed by atoms with Gasteiger partial charge in [0.15, 0.2) is 11.2 Å². The summed E-state index contributed by atoms with van der Waals surface area (Å²) >= 11 is 0. The van der Waals surface area contributed by atoms with Crippen LogP contribution in [0.15, 0.2) is 17.4 Å². The Labute approximate surface area is 120 Å². The van der Waals surface area contributed by atoms with Gasteiger partial charge in [0.05, 0.1) is 32.5 Å². The van der Waals surface area contributed by atoms with Gasteiger partial charge in [0, 0.05) is 19.5 Å². The van der Waals surface area contributed by atoms with Gasteiger partial charge < -0.3 is 24.7 Å². The third-order valence-electron chi connectivity index (χ3n) is 2.79. The van der Waals surface area contributed by atoms with Crippen LogP contribution in [-0.2, 0) is 16.1 Å². The number of imidazole rings is 1. The number of carbonyl (C=O) groups is 1. The third-order valence-corrected chi connectivity index (χ3v) is 2.79. The number of aromatic amines is 1. The van der Waals surface area contributed by atoms with Crippen molar-refractivity contribution in [3.63, 3.8) is 0 Å². The highest BCUT2D eigenvalue weighted by Crippen LogP contribution is 2.04. The highest BCUT2D eigenvalue weighted by molar-refractivity contribution is 5.76. The average Bonchev–Trinajstić information content (AvgIpc) is 2.89. The highest BCUT2D eigenvalue weighted by Gasteiger charge is 2.08. The monoisotopic (exact) mass is 295 g/mol. The molecule has 0 atom stereocenters. The fraction of sp³-hybridized carbons (Fsp3) is 0.500. The Hall–Kier alpha value is -2.26. The topological polar surface area (TPSA) is 122 Å². The first-order chi connectivity index (χ1) is 10.2. The summed E-state index contributed by atoms with van der Waals surface area (Å²) in [6, 6.07) is 0. The third kappa shape index (κ3) is 4.10. The molecule has 3 N–H and O–H groups in total. The maximum absolute atomic E-state index is 11.6. The van der Waals surface area contributed by atoms with Gasteiger partial charge in [-0.15, -0.1) is 0 Å². The number of hydrogen-bond donors (Lipinski definition) is 3. The van der Waals surface area contributed by atoms with Crippen LogP contribution in [0.3, 0.4) is 0 Å². The molecule has 0 radical (unpaired) electrons. The summed E-state index contributed by atoms with van der Waals surface area (Å²) in [5.41, 5.74) is 0.414. The number of ether oxygens (including phenoxy) is 1. The van der Waals surface area contributed by atoms with Crippen molar-refractivity contribution >= 4 is 17.1 Å². The lowest BCUT2D eigenvalue weighted by Gasteiger charge is -2.06. The minimum Gasteiger partial charge on any atom is -0.394 e. The molecule has 114 valence electrons. The van der Waals surface area contributed by atoms with Crippen molar-refractivity contribution in [2.24, 2.45) is 0 Å². The molecule has 0 unspecified atom stereocenters. The van der Waals surface area contributed by atoms with Gasteiger partial charge in [0.25, 0.3) is 5.56 Å². The number of fused-ring (bicyclic) bond motifs is 1. The number of aliphatic hydroxyl groups is 1. The normalized spacial score (nSPS) is 10.9. The Kier molecular flexibility index (Phi) is 5.41. The van der Waals surface area contributed by atoms with Crippen molar-refractivity contribution in [3.05, 3.63) is 23.0 Å². The highest BCUT2D eigenvalue weighted by atomic mass is 16.5. The van der Waals surface area contributed by atoms with Crippen molar-refractivity contribution in [2.45, 2.75) is 13.0 Å². The Morgan fingerprint density at radius 3 is 3.10 bits per heavy atom. The van der Waals surface area contributed by atoms with Crippen LogP contribution in [0.1, 0.15) is 6.42 Å². The molecule has 0 aliphatic heterocycles. The van der Waals surface area contributed by atoms with Gasteiger partial charge in [-0.2, -0.15) is 0 Å². The zero-order valence-corrected chi connectivity index (χ0v) is 11.4. The van der Waals surface area contributed by atoms with Gasteiger partial charge in [-0.25, -0.2) is 9.97 Å². The van der Waals surface area contributed by atoms with E-state index in [0.29, 0.717) is 25.3 Å². The number of amides is 1. The summed E-state index contributed by atoms with van der Waals surface area (Å²) in [4.78, 5) is 33.6. The maximum Gasteiger partial charge on any atom is 0.278 e. The second kappa shape index (κ2) is 7.50. The van der Waals surface area contributed by atoms with Crippen LogP contribution in [0.5, 0.6) is 0 Å². The number of aromatic nitrogens is 4. The second-order valence-corrected chi connectivity index (χ2v) is 4.28. The fourth-order valence-electron chi connectivity index (χ4n) is 1.80. The Morgan fingerprint density at radius 1 is 1.43 bits per heavy atom. The van der Waals surface area contributed by atoms with Gasteiger partial charge in [0.1, 0.15) is 0 Å². The lowest BCUT2D eigenvalue weighted by atomic mass is 10.4. The van der Waals surface area contributed by atoms with E-state index in [9.17, 15) is 9.59 Å². The summed E-state index contributed by atoms with van der Waals surface area (Å²) in [5.74, 6) is -0.130. The number of aryl methyl sites for hydroxylation is 1. The van der Waals surface area contributed by atoms with Gasteiger partial charge in [0.2, 0.25) is 5.91 Å². The van der Waals surface area contributed by atoms with Crippen molar-refractivity contribution in [1.29, 1.82) is 0 Å². The molecule has 0 fully saturated rings. The van der Waals surface area contributed by atoms with Crippen LogP contribution in [0.2, 0.25) is 0 Å². The summed E-state index contributed by atoms with van der Waals surface area (Å²) < 4.78 is 6.69. The van der Waals surface area contributed by atoms with E-state index in [-0.39, 0.29) is 36.6 Å². The molecule has 0 aromatic carbocycles. The van der Waals surface area contributed by atoms with Crippen molar-refractivity contribution in [2.75, 3.05) is 26.4 Å². The van der Waals surface area contributed by atoms with Crippen molar-refractivity contribution in [1.82, 2.24) is 24.8 Å². The van der Waals surface area contributed by atoms with E-state index >= 15 is 0 Å². The van der Waals surface area contributed by atoms with E-state index in [1.165, 1.54) is 12.7 Å². The zero-order valence-electron chi connectivity index (χ0n) is 11.4. The molecule has 0 spiro atoms. The fourth-order valence-corrected chi connectivity index (χ4v) is 1.80. The van der Waals surface area contributed by atoms with Crippen LogP contribution in [0, 0.1) is 0 Å². The largest absolute Gasteiger partial charge is 0.394 e. The molecule has 9 nitrogen and oxygen atoms in total. The smallest absolute Gasteiger partial charge is 0.278 e. The summed E-state index contributed by atoms with van der Waals surface area (Å²) in [5, 5.41) is 11.2. The molecule has 9 heteroatoms. The number of nitrogens with zero attached hydrogens (tertiary/aromatic N) is 3. The summed E-state index contributed by atoms with van der Waals surface area (Å²) in [6.07, 6.45) is 3.05. The van der Waals surface area contributed by atoms with Crippen LogP contribution >= 0.6 is 0 Å². The van der Waals surface area contributed by atoms with E-state index in [1.807, 2.05) is 0 Å². The van der Waals surface area contributed by atoms with Gasteiger partial charge >= 0.3 is 0 Å². The zero-order chi connectivity index (χ0) is 15.1. The molecule has 0 bridgehead atoms. The minimum atomic E-state index is -0.302. The van der Waals surface area contributed by atoms with Crippen molar-refractivity contribution in [3.8, 4) is 0 Å². The molecule has 21 heavy (non-hydrogen) atoms. The average molecular weight is 295 g/mol. The maximum atomic E-state index is 11.6. The molecular weight excluding hydrogens is 278 g/mol. The van der Waals surface area contributed by atoms with Crippen LogP contribution < -0.4 is 10.9 Å². The lowest BCUT2D eigenvalue weighted by molar-refractivity contribution is -0.121. The first kappa shape index (κ1) is 15.1. The number of nitrogens with one attached hydrogen (secondary N) is 2. The van der Waals surface area contributed by atoms with Crippen LogP contribution in [0.25, 0.3) is 11.2 Å². The van der Waals surface area contributed by atoms with Crippen LogP contribution in [0.4, 0.5) is 0 Å². The molecule has 2 aromatic rings. The summed E-state index contributed by atoms with van der Waals surface area (Å²) in [7, 11) is 0. The van der Waals surface area contributed by atoms with E-state index < -0.39 is 0 Å². The quantitative estimate of drug-likeness (QED) is 0.517. The van der Waals surface area contributed by atoms with Gasteiger partial charge in [-0.05, 0) is 0 Å². The standard InChI is InChI=1S/C12H17N5O4/c18-4-6-21-5-2-13-9(19)1-3-17-8-16-10-11(17)14-7-15-12(10)20/h7-8,18H,1-6H2,(H,13,19)(H,14,15,20). The number of aliphatic hydroxyl groups excluding tert-OH is 1. The Balaban J connectivity index is 1.80. The molecule has 0 aliphatic carbocycles. The van der Waals surface area contributed by atoms with E-state index in [1.54, 1.807) is 4.57 Å². The number of rotatable bonds is 8. The van der Waals surface area contributed by atoms with E-state index in [2.05, 4.69) is 20.3 Å². The second-order valence-electron chi connectivity index (χ2n) is 4.28. The molecular formula is C12H17N5O4. The molecule has 2 rings (SSSR count). The van der Waals surface area contributed by atoms with Crippen molar-refractivity contribution < 1.29 is 14.6 Å². The Bertz CT molecular complexity index is 650. The van der Waals surface area contributed by atoms with E-state index in [0.717, 1.165) is 0 Å². The number of carbonyl (C=O) groups excluding carboxylic acids is 1. The lowest BCUT2D eigenvalue weighted by Crippen LogP contribution is -2.28. The van der Waals surface area contributed by atoms with Crippen LogP contribution in [-0.4, -0.2) is 56.9 Å². The Morgan fingerprint density at radius 2 is 2.29 bits per heavy atom. The minimum absolute atomic E-state index is 0.0339. The summed E-state index contributed by atoms with van der Waals surface area (Å²) in [6.45, 7) is 1.36. The predicted molar refractivity (Wildman–Crippen MR) is 73.7 cm³/mol. The molecule has 0 saturated heterocycles. The SMILES string of the molecule is O=C(CCn1cnc2c(=O)[nH]cnc21)NCCOCCO. The van der Waals surface area contributed by atoms with Gasteiger partial charge in [-0.3, -0.25) is 9.59 Å². The molecule has 2 aromatic heterocycles. The number of H-pyrrole nitrogens is 1. The van der Waals surface area contributed by atoms with Gasteiger partial charge in [-0.1, -0.05) is 0 Å².